The van der Waals surface area contributed by atoms with Gasteiger partial charge in [-0.2, -0.15) is 0 Å². The first-order chi connectivity index (χ1) is 12.2. The number of ether oxygens (including phenoxy) is 2. The van der Waals surface area contributed by atoms with Crippen molar-refractivity contribution in [3.8, 4) is 5.88 Å². The number of amides is 1. The van der Waals surface area contributed by atoms with Crippen LogP contribution in [0.1, 0.15) is 22.3 Å². The highest BCUT2D eigenvalue weighted by molar-refractivity contribution is 6.05. The quantitative estimate of drug-likeness (QED) is 0.838. The van der Waals surface area contributed by atoms with Gasteiger partial charge in [-0.3, -0.25) is 4.79 Å². The standard InChI is InChI=1S/C18H20N4O3/c1-24-17-15(3-2-10-20-17)16(23)21-13-7-4-12(5-8-13)6-9-14-11-25-18(19)22-14/h2-5,7-8,10,14H,6,9,11H2,1H3,(H2,19,22)(H,21,23)/t14-/m0/s1. The Balaban J connectivity index is 1.58. The summed E-state index contributed by atoms with van der Waals surface area (Å²) in [6, 6.07) is 11.5. The summed E-state index contributed by atoms with van der Waals surface area (Å²) in [6.07, 6.45) is 3.33. The van der Waals surface area contributed by atoms with Crippen LogP contribution in [-0.2, 0) is 11.2 Å². The van der Waals surface area contributed by atoms with Crippen molar-refractivity contribution in [3.63, 3.8) is 0 Å². The second-order valence-electron chi connectivity index (χ2n) is 5.68. The van der Waals surface area contributed by atoms with Crippen LogP contribution in [0.5, 0.6) is 5.88 Å². The largest absolute Gasteiger partial charge is 0.480 e. The average Bonchev–Trinajstić information content (AvgIpc) is 3.06. The summed E-state index contributed by atoms with van der Waals surface area (Å²) in [5.74, 6) is 0.0425. The number of nitrogens with zero attached hydrogens (tertiary/aromatic N) is 2. The average molecular weight is 340 g/mol. The third-order valence-corrected chi connectivity index (χ3v) is 3.92. The normalized spacial score (nSPS) is 16.0. The Hall–Kier alpha value is -3.09. The van der Waals surface area contributed by atoms with Gasteiger partial charge in [0, 0.05) is 11.9 Å². The first kappa shape index (κ1) is 16.8. The van der Waals surface area contributed by atoms with E-state index in [9.17, 15) is 4.79 Å². The van der Waals surface area contributed by atoms with E-state index >= 15 is 0 Å². The van der Waals surface area contributed by atoms with E-state index in [1.807, 2.05) is 24.3 Å². The molecule has 0 saturated carbocycles. The van der Waals surface area contributed by atoms with Gasteiger partial charge in [0.05, 0.1) is 13.2 Å². The van der Waals surface area contributed by atoms with E-state index in [1.54, 1.807) is 18.3 Å². The number of rotatable bonds is 6. The number of carbonyl (C=O) groups is 1. The lowest BCUT2D eigenvalue weighted by atomic mass is 10.1. The minimum Gasteiger partial charge on any atom is -0.480 e. The van der Waals surface area contributed by atoms with E-state index in [1.165, 1.54) is 7.11 Å². The molecule has 0 radical (unpaired) electrons. The molecule has 0 unspecified atom stereocenters. The zero-order valence-corrected chi connectivity index (χ0v) is 13.9. The van der Waals surface area contributed by atoms with Crippen molar-refractivity contribution in [1.82, 2.24) is 4.98 Å². The van der Waals surface area contributed by atoms with E-state index < -0.39 is 0 Å². The molecule has 3 N–H and O–H groups in total. The number of hydrogen-bond donors (Lipinski definition) is 2. The number of benzene rings is 1. The summed E-state index contributed by atoms with van der Waals surface area (Å²) in [7, 11) is 1.49. The van der Waals surface area contributed by atoms with Crippen molar-refractivity contribution in [1.29, 1.82) is 0 Å². The molecule has 7 heteroatoms. The topological polar surface area (TPSA) is 98.8 Å². The molecule has 7 nitrogen and oxygen atoms in total. The molecule has 0 fully saturated rings. The van der Waals surface area contributed by atoms with Gasteiger partial charge in [0.2, 0.25) is 5.88 Å². The van der Waals surface area contributed by atoms with Crippen LogP contribution in [0, 0.1) is 0 Å². The summed E-state index contributed by atoms with van der Waals surface area (Å²) in [4.78, 5) is 20.6. The van der Waals surface area contributed by atoms with Gasteiger partial charge < -0.3 is 20.5 Å². The molecular formula is C18H20N4O3. The smallest absolute Gasteiger partial charge is 0.282 e. The zero-order valence-electron chi connectivity index (χ0n) is 13.9. The highest BCUT2D eigenvalue weighted by Gasteiger charge is 2.16. The lowest BCUT2D eigenvalue weighted by molar-refractivity contribution is 0.102. The third kappa shape index (κ3) is 4.26. The van der Waals surface area contributed by atoms with Gasteiger partial charge in [0.15, 0.2) is 0 Å². The molecule has 1 atom stereocenters. The van der Waals surface area contributed by atoms with Gasteiger partial charge in [0.25, 0.3) is 11.9 Å². The molecule has 1 aliphatic heterocycles. The highest BCUT2D eigenvalue weighted by Crippen LogP contribution is 2.18. The van der Waals surface area contributed by atoms with Crippen LogP contribution in [0.25, 0.3) is 0 Å². The number of aromatic nitrogens is 1. The number of aryl methyl sites for hydroxylation is 1. The van der Waals surface area contributed by atoms with Crippen LogP contribution in [0.4, 0.5) is 5.69 Å². The van der Waals surface area contributed by atoms with Gasteiger partial charge >= 0.3 is 0 Å². The Morgan fingerprint density at radius 1 is 1.36 bits per heavy atom. The Labute approximate surface area is 145 Å². The number of amidine groups is 1. The molecule has 1 aromatic heterocycles. The van der Waals surface area contributed by atoms with E-state index in [0.717, 1.165) is 18.4 Å². The Morgan fingerprint density at radius 3 is 2.84 bits per heavy atom. The van der Waals surface area contributed by atoms with Crippen LogP contribution in [0.15, 0.2) is 47.6 Å². The molecule has 1 aromatic carbocycles. The van der Waals surface area contributed by atoms with Crippen LogP contribution >= 0.6 is 0 Å². The lowest BCUT2D eigenvalue weighted by Gasteiger charge is -2.09. The summed E-state index contributed by atoms with van der Waals surface area (Å²) in [5.41, 5.74) is 7.78. The first-order valence-electron chi connectivity index (χ1n) is 8.01. The van der Waals surface area contributed by atoms with E-state index in [-0.39, 0.29) is 18.0 Å². The van der Waals surface area contributed by atoms with Crippen molar-refractivity contribution < 1.29 is 14.3 Å². The van der Waals surface area contributed by atoms with Gasteiger partial charge in [0.1, 0.15) is 12.2 Å². The molecule has 1 aliphatic rings. The van der Waals surface area contributed by atoms with Crippen molar-refractivity contribution in [2.45, 2.75) is 18.9 Å². The maximum Gasteiger partial charge on any atom is 0.282 e. The van der Waals surface area contributed by atoms with Gasteiger partial charge in [-0.25, -0.2) is 9.98 Å². The van der Waals surface area contributed by atoms with E-state index in [2.05, 4.69) is 15.3 Å². The minimum atomic E-state index is -0.259. The summed E-state index contributed by atoms with van der Waals surface area (Å²) in [5, 5.41) is 2.85. The number of nitrogens with one attached hydrogen (secondary N) is 1. The maximum absolute atomic E-state index is 12.3. The van der Waals surface area contributed by atoms with Gasteiger partial charge in [-0.05, 0) is 42.7 Å². The molecule has 0 bridgehead atoms. The van der Waals surface area contributed by atoms with Crippen molar-refractivity contribution in [2.75, 3.05) is 19.0 Å². The fourth-order valence-electron chi connectivity index (χ4n) is 2.60. The van der Waals surface area contributed by atoms with Crippen LogP contribution in [0.2, 0.25) is 0 Å². The summed E-state index contributed by atoms with van der Waals surface area (Å²) < 4.78 is 10.3. The highest BCUT2D eigenvalue weighted by atomic mass is 16.5. The van der Waals surface area contributed by atoms with Crippen molar-refractivity contribution in [3.05, 3.63) is 53.7 Å². The number of pyridine rings is 1. The Bertz CT molecular complexity index is 774. The Kier molecular flexibility index (Phi) is 5.13. The first-order valence-corrected chi connectivity index (χ1v) is 8.01. The molecule has 25 heavy (non-hydrogen) atoms. The number of hydrogen-bond acceptors (Lipinski definition) is 6. The summed E-state index contributed by atoms with van der Waals surface area (Å²) >= 11 is 0. The van der Waals surface area contributed by atoms with Gasteiger partial charge in [-0.15, -0.1) is 0 Å². The second kappa shape index (κ2) is 7.65. The molecule has 2 heterocycles. The molecular weight excluding hydrogens is 320 g/mol. The second-order valence-corrected chi connectivity index (χ2v) is 5.68. The number of methoxy groups -OCH3 is 1. The third-order valence-electron chi connectivity index (χ3n) is 3.92. The Morgan fingerprint density at radius 2 is 2.16 bits per heavy atom. The van der Waals surface area contributed by atoms with Crippen molar-refractivity contribution >= 4 is 17.6 Å². The van der Waals surface area contributed by atoms with Crippen molar-refractivity contribution in [2.24, 2.45) is 10.7 Å². The number of nitrogens with two attached hydrogens (primary N) is 1. The number of carbonyl (C=O) groups excluding carboxylic acids is 1. The van der Waals surface area contributed by atoms with E-state index in [4.69, 9.17) is 15.2 Å². The van der Waals surface area contributed by atoms with Crippen LogP contribution < -0.4 is 15.8 Å². The zero-order chi connectivity index (χ0) is 17.6. The molecule has 1 amide bonds. The SMILES string of the molecule is COc1ncccc1C(=O)Nc1ccc(CC[C@H]2COC(N)=N2)cc1. The predicted octanol–water partition coefficient (Wildman–Crippen LogP) is 1.99. The molecule has 3 rings (SSSR count). The molecule has 0 saturated heterocycles. The minimum absolute atomic E-state index is 0.123. The summed E-state index contributed by atoms with van der Waals surface area (Å²) in [6.45, 7) is 0.549. The molecule has 2 aromatic rings. The van der Waals surface area contributed by atoms with E-state index in [0.29, 0.717) is 23.7 Å². The number of anilines is 1. The fourth-order valence-corrected chi connectivity index (χ4v) is 2.60. The molecule has 0 spiro atoms. The fraction of sp³-hybridized carbons (Fsp3) is 0.278. The van der Waals surface area contributed by atoms with Crippen LogP contribution in [0.3, 0.4) is 0 Å². The monoisotopic (exact) mass is 340 g/mol. The van der Waals surface area contributed by atoms with Crippen LogP contribution in [-0.4, -0.2) is 36.7 Å². The van der Waals surface area contributed by atoms with Gasteiger partial charge in [-0.1, -0.05) is 12.1 Å². The maximum atomic E-state index is 12.3. The molecule has 130 valence electrons. The lowest BCUT2D eigenvalue weighted by Crippen LogP contribution is -2.13. The molecule has 0 aliphatic carbocycles. The predicted molar refractivity (Wildman–Crippen MR) is 94.9 cm³/mol. The number of aliphatic imine (C=N–C) groups is 1.